The molecule has 1 aliphatic carbocycles. The van der Waals surface area contributed by atoms with Gasteiger partial charge in [-0.3, -0.25) is 0 Å². The Morgan fingerprint density at radius 1 is 1.58 bits per heavy atom. The lowest BCUT2D eigenvalue weighted by Crippen LogP contribution is -2.04. The molecule has 1 aromatic rings. The molecular weight excluding hydrogens is 174 g/mol. The van der Waals surface area contributed by atoms with Crippen molar-refractivity contribution < 1.29 is 0 Å². The number of rotatable bonds is 2. The lowest BCUT2D eigenvalue weighted by Gasteiger charge is -2.06. The molecule has 0 bridgehead atoms. The second-order valence-electron chi connectivity index (χ2n) is 2.98. The number of nitrogens with two attached hydrogens (primary N) is 1. The topological polar surface area (TPSA) is 50.9 Å². The zero-order valence-electron chi connectivity index (χ0n) is 6.55. The number of nitrogens with one attached hydrogen (secondary N) is 1. The Bertz CT molecular complexity index is 296. The van der Waals surface area contributed by atoms with E-state index in [0.717, 1.165) is 0 Å². The number of hydrogen-bond donors (Lipinski definition) is 2. The van der Waals surface area contributed by atoms with Gasteiger partial charge in [-0.25, -0.2) is 4.98 Å². The molecule has 0 atom stereocenters. The lowest BCUT2D eigenvalue weighted by molar-refractivity contribution is 1.11. The van der Waals surface area contributed by atoms with E-state index in [-0.39, 0.29) is 0 Å². The number of halogens is 1. The Hall–Kier alpha value is -0.960. The van der Waals surface area contributed by atoms with E-state index in [1.807, 2.05) is 0 Å². The van der Waals surface area contributed by atoms with Crippen LogP contribution in [-0.4, -0.2) is 11.0 Å². The molecule has 3 N–H and O–H groups in total. The minimum Gasteiger partial charge on any atom is -0.397 e. The van der Waals surface area contributed by atoms with Crippen LogP contribution in [0.1, 0.15) is 12.8 Å². The largest absolute Gasteiger partial charge is 0.397 e. The molecule has 0 amide bonds. The third-order valence-corrected chi connectivity index (χ3v) is 2.23. The van der Waals surface area contributed by atoms with E-state index in [1.165, 1.54) is 12.8 Å². The summed E-state index contributed by atoms with van der Waals surface area (Å²) in [5, 5.41) is 3.73. The van der Waals surface area contributed by atoms with Crippen molar-refractivity contribution in [1.82, 2.24) is 4.98 Å². The minimum atomic E-state index is 0.532. The van der Waals surface area contributed by atoms with Crippen LogP contribution in [0.5, 0.6) is 0 Å². The maximum absolute atomic E-state index is 5.92. The molecule has 0 unspecified atom stereocenters. The summed E-state index contributed by atoms with van der Waals surface area (Å²) in [5.41, 5.74) is 6.18. The highest BCUT2D eigenvalue weighted by Crippen LogP contribution is 2.30. The molecule has 3 nitrogen and oxygen atoms in total. The first-order valence-electron chi connectivity index (χ1n) is 3.94. The van der Waals surface area contributed by atoms with E-state index < -0.39 is 0 Å². The fraction of sp³-hybridized carbons (Fsp3) is 0.375. The van der Waals surface area contributed by atoms with Crippen molar-refractivity contribution in [3.05, 3.63) is 17.3 Å². The fourth-order valence-electron chi connectivity index (χ4n) is 0.980. The first-order chi connectivity index (χ1) is 5.77. The standard InChI is InChI=1S/C8H10ClN3/c9-7-6(10)3-4-11-8(7)12-5-1-2-5/h3-5H,1-2H2,(H3,10,11,12). The highest BCUT2D eigenvalue weighted by Gasteiger charge is 2.22. The van der Waals surface area contributed by atoms with E-state index in [2.05, 4.69) is 10.3 Å². The normalized spacial score (nSPS) is 16.1. The SMILES string of the molecule is Nc1ccnc(NC2CC2)c1Cl. The van der Waals surface area contributed by atoms with E-state index in [1.54, 1.807) is 12.3 Å². The number of nitrogen functional groups attached to an aromatic ring is 1. The summed E-state index contributed by atoms with van der Waals surface area (Å²) in [5.74, 6) is 0.708. The zero-order chi connectivity index (χ0) is 8.55. The molecule has 0 radical (unpaired) electrons. The average molecular weight is 184 g/mol. The molecule has 0 aromatic carbocycles. The van der Waals surface area contributed by atoms with Gasteiger partial charge in [-0.1, -0.05) is 11.6 Å². The maximum Gasteiger partial charge on any atom is 0.147 e. The van der Waals surface area contributed by atoms with Gasteiger partial charge in [0.2, 0.25) is 0 Å². The summed E-state index contributed by atoms with van der Waals surface area (Å²) in [6, 6.07) is 2.25. The number of pyridine rings is 1. The molecule has 2 rings (SSSR count). The summed E-state index contributed by atoms with van der Waals surface area (Å²) >= 11 is 5.92. The van der Waals surface area contributed by atoms with Gasteiger partial charge in [0.05, 0.1) is 5.69 Å². The van der Waals surface area contributed by atoms with E-state index in [4.69, 9.17) is 17.3 Å². The number of aromatic nitrogens is 1. The molecule has 0 saturated heterocycles. The predicted octanol–water partition coefficient (Wildman–Crippen LogP) is 1.89. The predicted molar refractivity (Wildman–Crippen MR) is 50.3 cm³/mol. The zero-order valence-corrected chi connectivity index (χ0v) is 7.30. The molecule has 1 aliphatic rings. The fourth-order valence-corrected chi connectivity index (χ4v) is 1.15. The Labute approximate surface area is 75.9 Å². The van der Waals surface area contributed by atoms with Gasteiger partial charge in [0, 0.05) is 12.2 Å². The van der Waals surface area contributed by atoms with Gasteiger partial charge >= 0.3 is 0 Å². The van der Waals surface area contributed by atoms with Gasteiger partial charge in [0.15, 0.2) is 0 Å². The Balaban J connectivity index is 2.23. The van der Waals surface area contributed by atoms with Crippen molar-refractivity contribution in [2.75, 3.05) is 11.1 Å². The number of anilines is 2. The van der Waals surface area contributed by atoms with Gasteiger partial charge in [0.1, 0.15) is 10.8 Å². The monoisotopic (exact) mass is 183 g/mol. The van der Waals surface area contributed by atoms with Crippen molar-refractivity contribution >= 4 is 23.1 Å². The van der Waals surface area contributed by atoms with Crippen LogP contribution in [0.25, 0.3) is 0 Å². The summed E-state index contributed by atoms with van der Waals surface area (Å²) in [4.78, 5) is 4.10. The van der Waals surface area contributed by atoms with Gasteiger partial charge in [-0.2, -0.15) is 0 Å². The third-order valence-electron chi connectivity index (χ3n) is 1.84. The summed E-state index contributed by atoms with van der Waals surface area (Å²) < 4.78 is 0. The average Bonchev–Trinajstić information content (AvgIpc) is 2.83. The van der Waals surface area contributed by atoms with Crippen LogP contribution in [0.2, 0.25) is 5.02 Å². The van der Waals surface area contributed by atoms with Crippen LogP contribution < -0.4 is 11.1 Å². The van der Waals surface area contributed by atoms with Crippen molar-refractivity contribution in [1.29, 1.82) is 0 Å². The van der Waals surface area contributed by atoms with Crippen molar-refractivity contribution in [3.63, 3.8) is 0 Å². The van der Waals surface area contributed by atoms with Gasteiger partial charge in [-0.05, 0) is 18.9 Å². The maximum atomic E-state index is 5.92. The van der Waals surface area contributed by atoms with Gasteiger partial charge in [0.25, 0.3) is 0 Å². The first kappa shape index (κ1) is 7.68. The van der Waals surface area contributed by atoms with Crippen LogP contribution >= 0.6 is 11.6 Å². The highest BCUT2D eigenvalue weighted by molar-refractivity contribution is 6.35. The van der Waals surface area contributed by atoms with Crippen LogP contribution in [0.3, 0.4) is 0 Å². The molecule has 1 aromatic heterocycles. The summed E-state index contributed by atoms with van der Waals surface area (Å²) in [6.07, 6.45) is 4.06. The third kappa shape index (κ3) is 1.46. The van der Waals surface area contributed by atoms with Crippen LogP contribution in [-0.2, 0) is 0 Å². The molecule has 12 heavy (non-hydrogen) atoms. The quantitative estimate of drug-likeness (QED) is 0.736. The first-order valence-corrected chi connectivity index (χ1v) is 4.31. The highest BCUT2D eigenvalue weighted by atomic mass is 35.5. The van der Waals surface area contributed by atoms with Crippen molar-refractivity contribution in [2.24, 2.45) is 0 Å². The number of hydrogen-bond acceptors (Lipinski definition) is 3. The molecule has 1 fully saturated rings. The Kier molecular flexibility index (Phi) is 1.81. The number of nitrogens with zero attached hydrogens (tertiary/aromatic N) is 1. The molecule has 1 saturated carbocycles. The summed E-state index contributed by atoms with van der Waals surface area (Å²) in [7, 11) is 0. The molecule has 0 aliphatic heterocycles. The second kappa shape index (κ2) is 2.83. The smallest absolute Gasteiger partial charge is 0.147 e. The van der Waals surface area contributed by atoms with Crippen molar-refractivity contribution in [3.8, 4) is 0 Å². The Morgan fingerprint density at radius 3 is 3.00 bits per heavy atom. The lowest BCUT2D eigenvalue weighted by atomic mass is 10.4. The molecular formula is C8H10ClN3. The molecule has 4 heteroatoms. The molecule has 0 spiro atoms. The van der Waals surface area contributed by atoms with Gasteiger partial charge < -0.3 is 11.1 Å². The second-order valence-corrected chi connectivity index (χ2v) is 3.36. The van der Waals surface area contributed by atoms with E-state index in [9.17, 15) is 0 Å². The molecule has 64 valence electrons. The minimum absolute atomic E-state index is 0.532. The van der Waals surface area contributed by atoms with Crippen LogP contribution in [0.15, 0.2) is 12.3 Å². The molecule has 1 heterocycles. The van der Waals surface area contributed by atoms with E-state index >= 15 is 0 Å². The Morgan fingerprint density at radius 2 is 2.33 bits per heavy atom. The van der Waals surface area contributed by atoms with Crippen molar-refractivity contribution in [2.45, 2.75) is 18.9 Å². The van der Waals surface area contributed by atoms with Crippen LogP contribution in [0, 0.1) is 0 Å². The summed E-state index contributed by atoms with van der Waals surface area (Å²) in [6.45, 7) is 0. The van der Waals surface area contributed by atoms with Crippen LogP contribution in [0.4, 0.5) is 11.5 Å². The van der Waals surface area contributed by atoms with E-state index in [0.29, 0.717) is 22.6 Å². The van der Waals surface area contributed by atoms with Gasteiger partial charge in [-0.15, -0.1) is 0 Å².